The number of hydrogen-bond acceptors (Lipinski definition) is 3. The molecule has 0 saturated carbocycles. The predicted molar refractivity (Wildman–Crippen MR) is 76.0 cm³/mol. The van der Waals surface area contributed by atoms with E-state index >= 15 is 0 Å². The van der Waals surface area contributed by atoms with Gasteiger partial charge < -0.3 is 10.6 Å². The van der Waals surface area contributed by atoms with E-state index < -0.39 is 0 Å². The van der Waals surface area contributed by atoms with Gasteiger partial charge in [0.05, 0.1) is 6.04 Å². The van der Waals surface area contributed by atoms with Crippen LogP contribution >= 0.6 is 11.3 Å². The van der Waals surface area contributed by atoms with Gasteiger partial charge in [0.1, 0.15) is 0 Å². The standard InChI is InChI=1S/C14H16N2OS/c1-9-4-6-15-13(9)14(17)16-11-2-3-12-10(8-11)5-7-18-12/h2-3,5,7-9,13,15H,4,6H2,1H3,(H,16,17). The van der Waals surface area contributed by atoms with Crippen LogP contribution in [0.4, 0.5) is 5.69 Å². The Morgan fingerprint density at radius 2 is 2.33 bits per heavy atom. The van der Waals surface area contributed by atoms with Crippen molar-refractivity contribution in [2.45, 2.75) is 19.4 Å². The summed E-state index contributed by atoms with van der Waals surface area (Å²) in [7, 11) is 0. The number of rotatable bonds is 2. The van der Waals surface area contributed by atoms with Gasteiger partial charge in [-0.15, -0.1) is 11.3 Å². The highest BCUT2D eigenvalue weighted by atomic mass is 32.1. The van der Waals surface area contributed by atoms with Crippen LogP contribution < -0.4 is 10.6 Å². The molecule has 1 fully saturated rings. The molecule has 2 atom stereocenters. The van der Waals surface area contributed by atoms with E-state index in [1.807, 2.05) is 12.1 Å². The predicted octanol–water partition coefficient (Wildman–Crippen LogP) is 2.84. The molecule has 4 heteroatoms. The summed E-state index contributed by atoms with van der Waals surface area (Å²) in [4.78, 5) is 12.1. The van der Waals surface area contributed by atoms with Crippen LogP contribution in [0.2, 0.25) is 0 Å². The summed E-state index contributed by atoms with van der Waals surface area (Å²) in [5.41, 5.74) is 0.881. The summed E-state index contributed by atoms with van der Waals surface area (Å²) in [5, 5.41) is 9.50. The van der Waals surface area contributed by atoms with Crippen molar-refractivity contribution in [2.24, 2.45) is 5.92 Å². The van der Waals surface area contributed by atoms with Crippen LogP contribution in [0.5, 0.6) is 0 Å². The lowest BCUT2D eigenvalue weighted by Gasteiger charge is -2.15. The number of carbonyl (C=O) groups is 1. The van der Waals surface area contributed by atoms with Crippen LogP contribution in [-0.4, -0.2) is 18.5 Å². The van der Waals surface area contributed by atoms with Gasteiger partial charge in [-0.3, -0.25) is 4.79 Å². The molecular formula is C14H16N2OS. The fourth-order valence-electron chi connectivity index (χ4n) is 2.45. The highest BCUT2D eigenvalue weighted by molar-refractivity contribution is 7.17. The highest BCUT2D eigenvalue weighted by Crippen LogP contribution is 2.24. The minimum atomic E-state index is -0.0526. The summed E-state index contributed by atoms with van der Waals surface area (Å²) in [6, 6.07) is 8.08. The summed E-state index contributed by atoms with van der Waals surface area (Å²) in [6.07, 6.45) is 1.07. The third-order valence-electron chi connectivity index (χ3n) is 3.54. The van der Waals surface area contributed by atoms with Gasteiger partial charge in [0.2, 0.25) is 5.91 Å². The van der Waals surface area contributed by atoms with E-state index in [1.54, 1.807) is 11.3 Å². The van der Waals surface area contributed by atoms with E-state index in [4.69, 9.17) is 0 Å². The van der Waals surface area contributed by atoms with Crippen molar-refractivity contribution in [3.63, 3.8) is 0 Å². The van der Waals surface area contributed by atoms with E-state index in [-0.39, 0.29) is 11.9 Å². The molecule has 3 rings (SSSR count). The van der Waals surface area contributed by atoms with Gasteiger partial charge in [0, 0.05) is 10.4 Å². The van der Waals surface area contributed by atoms with E-state index in [1.165, 1.54) is 10.1 Å². The van der Waals surface area contributed by atoms with E-state index in [0.29, 0.717) is 5.92 Å². The molecule has 1 aromatic carbocycles. The number of thiophene rings is 1. The van der Waals surface area contributed by atoms with Crippen LogP contribution in [0.3, 0.4) is 0 Å². The lowest BCUT2D eigenvalue weighted by atomic mass is 10.0. The Kier molecular flexibility index (Phi) is 3.06. The van der Waals surface area contributed by atoms with Crippen LogP contribution in [0.15, 0.2) is 29.6 Å². The summed E-state index contributed by atoms with van der Waals surface area (Å²) in [5.74, 6) is 0.490. The average molecular weight is 260 g/mol. The zero-order chi connectivity index (χ0) is 12.5. The molecule has 2 heterocycles. The van der Waals surface area contributed by atoms with Gasteiger partial charge in [-0.1, -0.05) is 6.92 Å². The van der Waals surface area contributed by atoms with Gasteiger partial charge >= 0.3 is 0 Å². The maximum Gasteiger partial charge on any atom is 0.241 e. The second kappa shape index (κ2) is 4.71. The quantitative estimate of drug-likeness (QED) is 0.871. The van der Waals surface area contributed by atoms with E-state index in [0.717, 1.165) is 18.7 Å². The molecule has 1 saturated heterocycles. The van der Waals surface area contributed by atoms with Crippen LogP contribution in [0, 0.1) is 5.92 Å². The van der Waals surface area contributed by atoms with Crippen molar-refractivity contribution in [2.75, 3.05) is 11.9 Å². The lowest BCUT2D eigenvalue weighted by molar-refractivity contribution is -0.118. The first-order valence-electron chi connectivity index (χ1n) is 6.25. The van der Waals surface area contributed by atoms with Crippen molar-refractivity contribution in [1.29, 1.82) is 0 Å². The van der Waals surface area contributed by atoms with Crippen molar-refractivity contribution in [3.05, 3.63) is 29.6 Å². The lowest BCUT2D eigenvalue weighted by Crippen LogP contribution is -2.39. The van der Waals surface area contributed by atoms with Crippen LogP contribution in [-0.2, 0) is 4.79 Å². The number of benzene rings is 1. The Balaban J connectivity index is 1.77. The van der Waals surface area contributed by atoms with Crippen molar-refractivity contribution < 1.29 is 4.79 Å². The van der Waals surface area contributed by atoms with Gasteiger partial charge in [0.15, 0.2) is 0 Å². The molecule has 94 valence electrons. The third-order valence-corrected chi connectivity index (χ3v) is 4.43. The number of carbonyl (C=O) groups excluding carboxylic acids is 1. The van der Waals surface area contributed by atoms with Crippen molar-refractivity contribution >= 4 is 33.0 Å². The molecule has 1 amide bonds. The molecule has 0 aliphatic carbocycles. The normalized spacial score (nSPS) is 23.4. The molecule has 1 aliphatic heterocycles. The zero-order valence-electron chi connectivity index (χ0n) is 10.3. The number of amides is 1. The summed E-state index contributed by atoms with van der Waals surface area (Å²) in [6.45, 7) is 3.05. The third kappa shape index (κ3) is 2.13. The van der Waals surface area contributed by atoms with Crippen LogP contribution in [0.1, 0.15) is 13.3 Å². The number of fused-ring (bicyclic) bond motifs is 1. The highest BCUT2D eigenvalue weighted by Gasteiger charge is 2.29. The molecule has 0 radical (unpaired) electrons. The van der Waals surface area contributed by atoms with E-state index in [9.17, 15) is 4.79 Å². The zero-order valence-corrected chi connectivity index (χ0v) is 11.1. The molecule has 18 heavy (non-hydrogen) atoms. The Bertz CT molecular complexity index is 578. The minimum Gasteiger partial charge on any atom is -0.325 e. The van der Waals surface area contributed by atoms with Gasteiger partial charge in [-0.25, -0.2) is 0 Å². The smallest absolute Gasteiger partial charge is 0.241 e. The molecule has 0 bridgehead atoms. The largest absolute Gasteiger partial charge is 0.325 e. The topological polar surface area (TPSA) is 41.1 Å². The molecule has 3 nitrogen and oxygen atoms in total. The van der Waals surface area contributed by atoms with Gasteiger partial charge in [-0.05, 0) is 53.9 Å². The van der Waals surface area contributed by atoms with Crippen LogP contribution in [0.25, 0.3) is 10.1 Å². The molecule has 2 N–H and O–H groups in total. The SMILES string of the molecule is CC1CCNC1C(=O)Nc1ccc2sccc2c1. The molecule has 1 aromatic heterocycles. The van der Waals surface area contributed by atoms with Crippen molar-refractivity contribution in [3.8, 4) is 0 Å². The maximum absolute atomic E-state index is 12.1. The second-order valence-corrected chi connectivity index (χ2v) is 5.81. The number of hydrogen-bond donors (Lipinski definition) is 2. The molecular weight excluding hydrogens is 244 g/mol. The first kappa shape index (κ1) is 11.7. The number of nitrogens with one attached hydrogen (secondary N) is 2. The van der Waals surface area contributed by atoms with Crippen molar-refractivity contribution in [1.82, 2.24) is 5.32 Å². The first-order chi connectivity index (χ1) is 8.74. The molecule has 2 unspecified atom stereocenters. The molecule has 2 aromatic rings. The fourth-order valence-corrected chi connectivity index (χ4v) is 3.22. The summed E-state index contributed by atoms with van der Waals surface area (Å²) < 4.78 is 1.25. The van der Waals surface area contributed by atoms with E-state index in [2.05, 4.69) is 35.1 Å². The van der Waals surface area contributed by atoms with Gasteiger partial charge in [-0.2, -0.15) is 0 Å². The Labute approximate surface area is 110 Å². The monoisotopic (exact) mass is 260 g/mol. The average Bonchev–Trinajstić information content (AvgIpc) is 2.96. The fraction of sp³-hybridized carbons (Fsp3) is 0.357. The minimum absolute atomic E-state index is 0.0526. The Morgan fingerprint density at radius 1 is 1.44 bits per heavy atom. The Hall–Kier alpha value is -1.39. The molecule has 0 spiro atoms. The molecule has 1 aliphatic rings. The number of anilines is 1. The van der Waals surface area contributed by atoms with Gasteiger partial charge in [0.25, 0.3) is 0 Å². The second-order valence-electron chi connectivity index (χ2n) is 4.86. The first-order valence-corrected chi connectivity index (χ1v) is 7.13. The summed E-state index contributed by atoms with van der Waals surface area (Å²) >= 11 is 1.72. The maximum atomic E-state index is 12.1. The Morgan fingerprint density at radius 3 is 3.11 bits per heavy atom.